The number of anilines is 2. The van der Waals surface area contributed by atoms with Crippen LogP contribution in [0.4, 0.5) is 15.8 Å². The average molecular weight is 315 g/mol. The monoisotopic (exact) mass is 314 g/mol. The largest absolute Gasteiger partial charge is 0.398 e. The Morgan fingerprint density at radius 2 is 1.90 bits per heavy atom. The Bertz CT molecular complexity index is 763. The SMILES string of the molecule is Cc1cc(N)c(Cl)cc1NS(=O)(=O)c1ccccc1F. The second-order valence-corrected chi connectivity index (χ2v) is 6.28. The van der Waals surface area contributed by atoms with Crippen molar-refractivity contribution in [2.45, 2.75) is 11.8 Å². The van der Waals surface area contributed by atoms with Crippen molar-refractivity contribution < 1.29 is 12.8 Å². The van der Waals surface area contributed by atoms with Gasteiger partial charge in [0.2, 0.25) is 0 Å². The fraction of sp³-hybridized carbons (Fsp3) is 0.0769. The van der Waals surface area contributed by atoms with Gasteiger partial charge < -0.3 is 5.73 Å². The summed E-state index contributed by atoms with van der Waals surface area (Å²) in [5.74, 6) is -0.820. The van der Waals surface area contributed by atoms with Crippen molar-refractivity contribution in [3.8, 4) is 0 Å². The van der Waals surface area contributed by atoms with E-state index in [-0.39, 0.29) is 10.7 Å². The Morgan fingerprint density at radius 1 is 1.25 bits per heavy atom. The molecule has 0 unspecified atom stereocenters. The molecule has 106 valence electrons. The lowest BCUT2D eigenvalue weighted by molar-refractivity contribution is 0.570. The molecular weight excluding hydrogens is 303 g/mol. The van der Waals surface area contributed by atoms with E-state index in [4.69, 9.17) is 17.3 Å². The number of nitrogen functional groups attached to an aromatic ring is 1. The van der Waals surface area contributed by atoms with E-state index in [2.05, 4.69) is 4.72 Å². The van der Waals surface area contributed by atoms with Crippen LogP contribution in [0.5, 0.6) is 0 Å². The van der Waals surface area contributed by atoms with Gasteiger partial charge in [0.1, 0.15) is 10.7 Å². The Labute approximate surface area is 121 Å². The minimum atomic E-state index is -4.02. The normalized spacial score (nSPS) is 11.3. The van der Waals surface area contributed by atoms with Gasteiger partial charge >= 0.3 is 0 Å². The number of aryl methyl sites for hydroxylation is 1. The zero-order valence-electron chi connectivity index (χ0n) is 10.5. The number of halogens is 2. The molecule has 3 N–H and O–H groups in total. The predicted octanol–water partition coefficient (Wildman–Crippen LogP) is 3.17. The van der Waals surface area contributed by atoms with Crippen LogP contribution in [0.3, 0.4) is 0 Å². The van der Waals surface area contributed by atoms with Crippen LogP contribution in [0, 0.1) is 12.7 Å². The Morgan fingerprint density at radius 3 is 2.55 bits per heavy atom. The first-order valence-corrected chi connectivity index (χ1v) is 7.50. The van der Waals surface area contributed by atoms with Crippen LogP contribution in [0.15, 0.2) is 41.3 Å². The van der Waals surface area contributed by atoms with Crippen LogP contribution in [-0.4, -0.2) is 8.42 Å². The molecule has 0 aliphatic carbocycles. The maximum Gasteiger partial charge on any atom is 0.264 e. The van der Waals surface area contributed by atoms with E-state index in [1.165, 1.54) is 24.3 Å². The fourth-order valence-corrected chi connectivity index (χ4v) is 3.04. The van der Waals surface area contributed by atoms with Crippen molar-refractivity contribution in [1.29, 1.82) is 0 Å². The van der Waals surface area contributed by atoms with Crippen molar-refractivity contribution in [1.82, 2.24) is 0 Å². The Balaban J connectivity index is 2.44. The van der Waals surface area contributed by atoms with Gasteiger partial charge in [-0.25, -0.2) is 12.8 Å². The van der Waals surface area contributed by atoms with Gasteiger partial charge in [0.25, 0.3) is 10.0 Å². The molecule has 0 radical (unpaired) electrons. The highest BCUT2D eigenvalue weighted by molar-refractivity contribution is 7.92. The minimum absolute atomic E-state index is 0.224. The maximum absolute atomic E-state index is 13.6. The predicted molar refractivity (Wildman–Crippen MR) is 77.8 cm³/mol. The zero-order chi connectivity index (χ0) is 14.9. The molecule has 0 fully saturated rings. The molecule has 20 heavy (non-hydrogen) atoms. The number of benzene rings is 2. The molecule has 0 aliphatic heterocycles. The fourth-order valence-electron chi connectivity index (χ4n) is 1.68. The standard InChI is InChI=1S/C13H12ClFN2O2S/c1-8-6-11(16)9(14)7-12(8)17-20(18,19)13-5-3-2-4-10(13)15/h2-7,17H,16H2,1H3. The van der Waals surface area contributed by atoms with Crippen molar-refractivity contribution in [3.63, 3.8) is 0 Å². The Kier molecular flexibility index (Phi) is 3.87. The topological polar surface area (TPSA) is 72.2 Å². The molecular formula is C13H12ClFN2O2S. The minimum Gasteiger partial charge on any atom is -0.398 e. The van der Waals surface area contributed by atoms with Crippen LogP contribution in [0.1, 0.15) is 5.56 Å². The smallest absolute Gasteiger partial charge is 0.264 e. The lowest BCUT2D eigenvalue weighted by Crippen LogP contribution is -2.15. The molecule has 2 rings (SSSR count). The first-order chi connectivity index (χ1) is 9.31. The van der Waals surface area contributed by atoms with E-state index >= 15 is 0 Å². The van der Waals surface area contributed by atoms with Gasteiger partial charge in [0.15, 0.2) is 0 Å². The molecule has 0 heterocycles. The molecule has 0 saturated heterocycles. The van der Waals surface area contributed by atoms with Crippen molar-refractivity contribution >= 4 is 33.0 Å². The van der Waals surface area contributed by atoms with Crippen LogP contribution in [0.25, 0.3) is 0 Å². The molecule has 0 spiro atoms. The summed E-state index contributed by atoms with van der Waals surface area (Å²) < 4.78 is 40.2. The third-order valence-corrected chi connectivity index (χ3v) is 4.44. The highest BCUT2D eigenvalue weighted by Crippen LogP contribution is 2.28. The summed E-state index contributed by atoms with van der Waals surface area (Å²) in [4.78, 5) is -0.424. The van der Waals surface area contributed by atoms with Gasteiger partial charge in [0.05, 0.1) is 16.4 Å². The molecule has 0 aromatic heterocycles. The van der Waals surface area contributed by atoms with Crippen molar-refractivity contribution in [2.24, 2.45) is 0 Å². The quantitative estimate of drug-likeness (QED) is 0.855. The summed E-state index contributed by atoms with van der Waals surface area (Å²) in [6.07, 6.45) is 0. The molecule has 0 saturated carbocycles. The summed E-state index contributed by atoms with van der Waals surface area (Å²) in [5, 5.41) is 0.224. The third kappa shape index (κ3) is 2.86. The average Bonchev–Trinajstić information content (AvgIpc) is 2.36. The van der Waals surface area contributed by atoms with Gasteiger partial charge in [-0.05, 0) is 36.8 Å². The highest BCUT2D eigenvalue weighted by atomic mass is 35.5. The van der Waals surface area contributed by atoms with Crippen LogP contribution >= 0.6 is 11.6 Å². The number of sulfonamides is 1. The number of rotatable bonds is 3. The highest BCUT2D eigenvalue weighted by Gasteiger charge is 2.19. The summed E-state index contributed by atoms with van der Waals surface area (Å²) in [6.45, 7) is 1.67. The van der Waals surface area contributed by atoms with Gasteiger partial charge in [-0.15, -0.1) is 0 Å². The van der Waals surface area contributed by atoms with Gasteiger partial charge in [-0.3, -0.25) is 4.72 Å². The van der Waals surface area contributed by atoms with Crippen molar-refractivity contribution in [2.75, 3.05) is 10.5 Å². The third-order valence-electron chi connectivity index (χ3n) is 2.71. The molecule has 0 bridgehead atoms. The van der Waals surface area contributed by atoms with Crippen LogP contribution in [0.2, 0.25) is 5.02 Å². The van der Waals surface area contributed by atoms with E-state index in [1.54, 1.807) is 13.0 Å². The first-order valence-electron chi connectivity index (χ1n) is 5.64. The molecule has 4 nitrogen and oxygen atoms in total. The van der Waals surface area contributed by atoms with E-state index in [1.807, 2.05) is 0 Å². The number of nitrogens with one attached hydrogen (secondary N) is 1. The summed E-state index contributed by atoms with van der Waals surface area (Å²) in [6, 6.07) is 8.07. The number of hydrogen-bond donors (Lipinski definition) is 2. The molecule has 2 aromatic carbocycles. The second kappa shape index (κ2) is 5.30. The summed E-state index contributed by atoms with van der Waals surface area (Å²) >= 11 is 5.86. The molecule has 7 heteroatoms. The van der Waals surface area contributed by atoms with Crippen molar-refractivity contribution in [3.05, 3.63) is 52.8 Å². The lowest BCUT2D eigenvalue weighted by Gasteiger charge is -2.12. The molecule has 0 atom stereocenters. The van der Waals surface area contributed by atoms with E-state index in [0.29, 0.717) is 11.3 Å². The van der Waals surface area contributed by atoms with E-state index in [9.17, 15) is 12.8 Å². The number of hydrogen-bond acceptors (Lipinski definition) is 3. The van der Waals surface area contributed by atoms with Crippen LogP contribution in [-0.2, 0) is 10.0 Å². The molecule has 2 aromatic rings. The second-order valence-electron chi connectivity index (χ2n) is 4.22. The van der Waals surface area contributed by atoms with Gasteiger partial charge in [-0.1, -0.05) is 23.7 Å². The van der Waals surface area contributed by atoms with Crippen LogP contribution < -0.4 is 10.5 Å². The zero-order valence-corrected chi connectivity index (χ0v) is 12.1. The van der Waals surface area contributed by atoms with E-state index in [0.717, 1.165) is 6.07 Å². The number of nitrogens with two attached hydrogens (primary N) is 1. The van der Waals surface area contributed by atoms with E-state index < -0.39 is 20.7 Å². The van der Waals surface area contributed by atoms with Gasteiger partial charge in [-0.2, -0.15) is 0 Å². The first kappa shape index (κ1) is 14.6. The maximum atomic E-state index is 13.6. The molecule has 0 amide bonds. The Hall–Kier alpha value is -1.79. The van der Waals surface area contributed by atoms with Gasteiger partial charge in [0, 0.05) is 0 Å². The summed E-state index contributed by atoms with van der Waals surface area (Å²) in [7, 11) is -4.02. The lowest BCUT2D eigenvalue weighted by atomic mass is 10.2. The summed E-state index contributed by atoms with van der Waals surface area (Å²) in [5.41, 5.74) is 6.81. The molecule has 0 aliphatic rings.